The average molecular weight is 362 g/mol. The summed E-state index contributed by atoms with van der Waals surface area (Å²) < 4.78 is 68.2. The van der Waals surface area contributed by atoms with Crippen LogP contribution in [-0.2, 0) is 22.1 Å². The molecule has 0 amide bonds. The minimum absolute atomic E-state index is 0.00843. The summed E-state index contributed by atoms with van der Waals surface area (Å²) in [6.07, 6.45) is -8.41. The van der Waals surface area contributed by atoms with Gasteiger partial charge in [0.15, 0.2) is 0 Å². The van der Waals surface area contributed by atoms with E-state index in [0.29, 0.717) is 0 Å². The van der Waals surface area contributed by atoms with E-state index < -0.39 is 46.3 Å². The van der Waals surface area contributed by atoms with Crippen molar-refractivity contribution >= 4 is 21.9 Å². The number of carbonyl (C=O) groups is 1. The third kappa shape index (κ3) is 3.87. The van der Waals surface area contributed by atoms with Crippen molar-refractivity contribution in [3.63, 3.8) is 0 Å². The van der Waals surface area contributed by atoms with E-state index in [2.05, 4.69) is 25.7 Å². The fraction of sp³-hybridized carbons (Fsp3) is 0.455. The van der Waals surface area contributed by atoms with Crippen LogP contribution in [-0.4, -0.2) is 17.6 Å². The van der Waals surface area contributed by atoms with Crippen LogP contribution < -0.4 is 0 Å². The van der Waals surface area contributed by atoms with Gasteiger partial charge in [0.2, 0.25) is 0 Å². The molecule has 0 N–H and O–H groups in total. The summed E-state index contributed by atoms with van der Waals surface area (Å²) in [6, 6.07) is 0. The lowest BCUT2D eigenvalue weighted by Crippen LogP contribution is -2.17. The average Bonchev–Trinajstić information content (AvgIpc) is 2.29. The molecule has 0 radical (unpaired) electrons. The van der Waals surface area contributed by atoms with Gasteiger partial charge in [-0.3, -0.25) is 9.78 Å². The van der Waals surface area contributed by atoms with Gasteiger partial charge < -0.3 is 4.74 Å². The van der Waals surface area contributed by atoms with Gasteiger partial charge in [-0.05, 0) is 22.9 Å². The number of ether oxygens (including phenoxy) is 1. The maximum Gasteiger partial charge on any atom is 0.418 e. The first kappa shape index (κ1) is 16.8. The molecular weight excluding hydrogens is 353 g/mol. The highest BCUT2D eigenvalue weighted by atomic mass is 79.9. The van der Waals surface area contributed by atoms with Crippen molar-refractivity contribution in [2.24, 2.45) is 0 Å². The first-order chi connectivity index (χ1) is 9.18. The Morgan fingerprint density at radius 1 is 1.45 bits per heavy atom. The smallest absolute Gasteiger partial charge is 0.418 e. The highest BCUT2D eigenvalue weighted by molar-refractivity contribution is 9.10. The molecule has 0 saturated carbocycles. The number of aromatic nitrogens is 1. The lowest BCUT2D eigenvalue weighted by molar-refractivity contribution is -0.143. The number of pyridine rings is 1. The summed E-state index contributed by atoms with van der Waals surface area (Å²) >= 11 is 2.55. The molecule has 0 aromatic carbocycles. The van der Waals surface area contributed by atoms with Crippen molar-refractivity contribution in [2.75, 3.05) is 6.61 Å². The van der Waals surface area contributed by atoms with Crippen molar-refractivity contribution in [2.45, 2.75) is 25.9 Å². The molecule has 1 heterocycles. The van der Waals surface area contributed by atoms with Crippen LogP contribution in [0.1, 0.15) is 30.2 Å². The van der Waals surface area contributed by atoms with Gasteiger partial charge in [-0.15, -0.1) is 0 Å². The number of alkyl halides is 5. The van der Waals surface area contributed by atoms with Crippen LogP contribution in [0.25, 0.3) is 0 Å². The fourth-order valence-electron chi connectivity index (χ4n) is 1.55. The highest BCUT2D eigenvalue weighted by Gasteiger charge is 2.40. The zero-order chi connectivity index (χ0) is 15.5. The molecular formula is C11H9BrF5NO2. The Labute approximate surface area is 119 Å². The Morgan fingerprint density at radius 3 is 2.50 bits per heavy atom. The van der Waals surface area contributed by atoms with Gasteiger partial charge in [-0.25, -0.2) is 8.78 Å². The van der Waals surface area contributed by atoms with E-state index in [1.54, 1.807) is 0 Å². The minimum Gasteiger partial charge on any atom is -0.466 e. The number of hydrogen-bond acceptors (Lipinski definition) is 3. The van der Waals surface area contributed by atoms with E-state index >= 15 is 0 Å². The van der Waals surface area contributed by atoms with Crippen molar-refractivity contribution in [3.05, 3.63) is 27.5 Å². The summed E-state index contributed by atoms with van der Waals surface area (Å²) in [6.45, 7) is 1.48. The van der Waals surface area contributed by atoms with Gasteiger partial charge in [0.25, 0.3) is 6.43 Å². The fourth-order valence-corrected chi connectivity index (χ4v) is 2.10. The molecule has 0 aliphatic carbocycles. The zero-order valence-corrected chi connectivity index (χ0v) is 11.7. The summed E-state index contributed by atoms with van der Waals surface area (Å²) in [5.74, 6) is -0.919. The summed E-state index contributed by atoms with van der Waals surface area (Å²) in [5.41, 5.74) is -3.48. The quantitative estimate of drug-likeness (QED) is 0.602. The molecule has 112 valence electrons. The first-order valence-corrected chi connectivity index (χ1v) is 6.16. The Kier molecular flexibility index (Phi) is 5.43. The molecule has 0 fully saturated rings. The van der Waals surface area contributed by atoms with Crippen molar-refractivity contribution in [1.29, 1.82) is 0 Å². The van der Waals surface area contributed by atoms with E-state index in [9.17, 15) is 26.7 Å². The molecule has 3 nitrogen and oxygen atoms in total. The molecule has 1 rings (SSSR count). The third-order valence-corrected chi connectivity index (χ3v) is 2.87. The Balaban J connectivity index is 3.36. The predicted molar refractivity (Wildman–Crippen MR) is 62.2 cm³/mol. The van der Waals surface area contributed by atoms with E-state index in [1.807, 2.05) is 0 Å². The van der Waals surface area contributed by atoms with Crippen molar-refractivity contribution in [3.8, 4) is 0 Å². The number of rotatable bonds is 4. The first-order valence-electron chi connectivity index (χ1n) is 5.36. The molecule has 0 unspecified atom stereocenters. The van der Waals surface area contributed by atoms with Crippen molar-refractivity contribution in [1.82, 2.24) is 4.98 Å². The van der Waals surface area contributed by atoms with E-state index in [-0.39, 0.29) is 6.61 Å². The van der Waals surface area contributed by atoms with E-state index in [0.717, 1.165) is 6.20 Å². The standard InChI is InChI=1S/C11H9BrF5NO2/c1-2-20-7(19)3-6-8(10(13)14)9(11(15,16)17)5(12)4-18-6/h4,10H,2-3H2,1H3. The SMILES string of the molecule is CCOC(=O)Cc1ncc(Br)c(C(F)(F)F)c1C(F)F. The Morgan fingerprint density at radius 2 is 2.05 bits per heavy atom. The van der Waals surface area contributed by atoms with Gasteiger partial charge in [-0.1, -0.05) is 0 Å². The third-order valence-electron chi connectivity index (χ3n) is 2.27. The molecule has 20 heavy (non-hydrogen) atoms. The van der Waals surface area contributed by atoms with Crippen LogP contribution in [0.5, 0.6) is 0 Å². The predicted octanol–water partition coefficient (Wildman–Crippen LogP) is 3.91. The van der Waals surface area contributed by atoms with Crippen LogP contribution in [0.2, 0.25) is 0 Å². The molecule has 0 saturated heterocycles. The number of esters is 1. The van der Waals surface area contributed by atoms with E-state index in [4.69, 9.17) is 0 Å². The molecule has 9 heteroatoms. The maximum atomic E-state index is 12.9. The van der Waals surface area contributed by atoms with Crippen LogP contribution in [0.3, 0.4) is 0 Å². The number of nitrogens with zero attached hydrogens (tertiary/aromatic N) is 1. The molecule has 0 aliphatic heterocycles. The van der Waals surface area contributed by atoms with Crippen LogP contribution in [0, 0.1) is 0 Å². The zero-order valence-electron chi connectivity index (χ0n) is 10.1. The second-order valence-electron chi connectivity index (χ2n) is 3.62. The molecule has 0 bridgehead atoms. The summed E-state index contributed by atoms with van der Waals surface area (Å²) in [5, 5.41) is 0. The number of carbonyl (C=O) groups excluding carboxylic acids is 1. The maximum absolute atomic E-state index is 12.9. The van der Waals surface area contributed by atoms with Gasteiger partial charge in [0, 0.05) is 10.7 Å². The molecule has 1 aromatic heterocycles. The number of hydrogen-bond donors (Lipinski definition) is 0. The summed E-state index contributed by atoms with van der Waals surface area (Å²) in [7, 11) is 0. The van der Waals surface area contributed by atoms with Gasteiger partial charge in [0.05, 0.1) is 29.8 Å². The monoisotopic (exact) mass is 361 g/mol. The Hall–Kier alpha value is -1.25. The summed E-state index contributed by atoms with van der Waals surface area (Å²) in [4.78, 5) is 14.7. The van der Waals surface area contributed by atoms with Crippen LogP contribution in [0.4, 0.5) is 22.0 Å². The number of halogens is 6. The second kappa shape index (κ2) is 6.47. The molecule has 1 aromatic rings. The van der Waals surface area contributed by atoms with Crippen LogP contribution >= 0.6 is 15.9 Å². The topological polar surface area (TPSA) is 39.2 Å². The normalized spacial score (nSPS) is 11.8. The molecule has 0 spiro atoms. The molecule has 0 atom stereocenters. The highest BCUT2D eigenvalue weighted by Crippen LogP contribution is 2.41. The Bertz CT molecular complexity index is 504. The van der Waals surface area contributed by atoms with Crippen LogP contribution in [0.15, 0.2) is 10.7 Å². The van der Waals surface area contributed by atoms with E-state index in [1.165, 1.54) is 6.92 Å². The van der Waals surface area contributed by atoms with Crippen molar-refractivity contribution < 1.29 is 31.5 Å². The minimum atomic E-state index is -4.99. The van der Waals surface area contributed by atoms with Gasteiger partial charge in [-0.2, -0.15) is 13.2 Å². The van der Waals surface area contributed by atoms with Gasteiger partial charge in [0.1, 0.15) is 0 Å². The lowest BCUT2D eigenvalue weighted by Gasteiger charge is -2.17. The lowest BCUT2D eigenvalue weighted by atomic mass is 10.0. The van der Waals surface area contributed by atoms with Gasteiger partial charge >= 0.3 is 12.1 Å². The second-order valence-corrected chi connectivity index (χ2v) is 4.48. The largest absolute Gasteiger partial charge is 0.466 e. The molecule has 0 aliphatic rings.